The second kappa shape index (κ2) is 6.72. The number of fused-ring (bicyclic) bond motifs is 1. The molecule has 0 saturated carbocycles. The fourth-order valence-corrected chi connectivity index (χ4v) is 3.26. The van der Waals surface area contributed by atoms with E-state index in [1.54, 1.807) is 12.1 Å². The lowest BCUT2D eigenvalue weighted by Gasteiger charge is -2.12. The molecule has 24 heavy (non-hydrogen) atoms. The Kier molecular flexibility index (Phi) is 4.48. The lowest BCUT2D eigenvalue weighted by Crippen LogP contribution is -2.13. The number of hydrogen-bond acceptors (Lipinski definition) is 4. The number of aliphatic carboxylic acids is 1. The SMILES string of the molecule is Cc1cscc1C(=O)Nc1ccc(OCC(=O)O)c2ccccc12. The summed E-state index contributed by atoms with van der Waals surface area (Å²) in [5.74, 6) is -0.736. The molecule has 1 aromatic heterocycles. The summed E-state index contributed by atoms with van der Waals surface area (Å²) in [4.78, 5) is 23.1. The first-order valence-corrected chi connectivity index (χ1v) is 8.21. The van der Waals surface area contributed by atoms with Gasteiger partial charge in [0, 0.05) is 21.8 Å². The molecule has 0 spiro atoms. The van der Waals surface area contributed by atoms with Crippen LogP contribution in [0.1, 0.15) is 15.9 Å². The molecule has 0 atom stereocenters. The molecule has 1 amide bonds. The number of ether oxygens (including phenoxy) is 1. The number of rotatable bonds is 5. The molecule has 122 valence electrons. The van der Waals surface area contributed by atoms with Gasteiger partial charge in [-0.25, -0.2) is 4.79 Å². The summed E-state index contributed by atoms with van der Waals surface area (Å²) in [6, 6.07) is 10.8. The summed E-state index contributed by atoms with van der Waals surface area (Å²) >= 11 is 1.48. The van der Waals surface area contributed by atoms with Crippen LogP contribution in [-0.2, 0) is 4.79 Å². The van der Waals surface area contributed by atoms with Crippen LogP contribution in [0.15, 0.2) is 47.2 Å². The fraction of sp³-hybridized carbons (Fsp3) is 0.111. The van der Waals surface area contributed by atoms with Gasteiger partial charge in [0.1, 0.15) is 5.75 Å². The largest absolute Gasteiger partial charge is 0.481 e. The molecule has 0 unspecified atom stereocenters. The van der Waals surface area contributed by atoms with E-state index < -0.39 is 12.6 Å². The summed E-state index contributed by atoms with van der Waals surface area (Å²) in [6.45, 7) is 1.48. The van der Waals surface area contributed by atoms with Crippen LogP contribution in [0.5, 0.6) is 5.75 Å². The van der Waals surface area contributed by atoms with Gasteiger partial charge in [0.25, 0.3) is 5.91 Å². The minimum Gasteiger partial charge on any atom is -0.481 e. The third-order valence-electron chi connectivity index (χ3n) is 3.58. The second-order valence-electron chi connectivity index (χ2n) is 5.26. The maximum Gasteiger partial charge on any atom is 0.341 e. The lowest BCUT2D eigenvalue weighted by atomic mass is 10.1. The van der Waals surface area contributed by atoms with Crippen molar-refractivity contribution in [3.05, 3.63) is 58.3 Å². The molecule has 6 heteroatoms. The molecule has 3 aromatic rings. The van der Waals surface area contributed by atoms with Crippen molar-refractivity contribution in [1.82, 2.24) is 0 Å². The molecule has 0 saturated heterocycles. The summed E-state index contributed by atoms with van der Waals surface area (Å²) in [5.41, 5.74) is 2.24. The Bertz CT molecular complexity index is 916. The predicted octanol–water partition coefficient (Wildman–Crippen LogP) is 3.93. The maximum absolute atomic E-state index is 12.4. The molecule has 0 fully saturated rings. The highest BCUT2D eigenvalue weighted by Gasteiger charge is 2.13. The number of nitrogens with one attached hydrogen (secondary N) is 1. The highest BCUT2D eigenvalue weighted by molar-refractivity contribution is 7.08. The standard InChI is InChI=1S/C18H15NO4S/c1-11-9-24-10-14(11)18(22)19-15-6-7-16(23-8-17(20)21)13-5-3-2-4-12(13)15/h2-7,9-10H,8H2,1H3,(H,19,22)(H,20,21). The van der Waals surface area contributed by atoms with Crippen LogP contribution >= 0.6 is 11.3 Å². The monoisotopic (exact) mass is 341 g/mol. The zero-order valence-electron chi connectivity index (χ0n) is 12.9. The number of carbonyl (C=O) groups excluding carboxylic acids is 1. The Labute approximate surface area is 142 Å². The number of carbonyl (C=O) groups is 2. The summed E-state index contributed by atoms with van der Waals surface area (Å²) in [5, 5.41) is 17.0. The van der Waals surface area contributed by atoms with E-state index in [0.29, 0.717) is 17.0 Å². The van der Waals surface area contributed by atoms with E-state index in [2.05, 4.69) is 5.32 Å². The average molecular weight is 341 g/mol. The normalized spacial score (nSPS) is 10.5. The fourth-order valence-electron chi connectivity index (χ4n) is 2.43. The van der Waals surface area contributed by atoms with Crippen LogP contribution in [0.4, 0.5) is 5.69 Å². The third kappa shape index (κ3) is 3.23. The number of amides is 1. The first-order valence-electron chi connectivity index (χ1n) is 7.26. The predicted molar refractivity (Wildman–Crippen MR) is 94.1 cm³/mol. The Hall–Kier alpha value is -2.86. The van der Waals surface area contributed by atoms with E-state index in [0.717, 1.165) is 16.3 Å². The van der Waals surface area contributed by atoms with Gasteiger partial charge in [-0.05, 0) is 30.0 Å². The van der Waals surface area contributed by atoms with Gasteiger partial charge >= 0.3 is 5.97 Å². The van der Waals surface area contributed by atoms with Gasteiger partial charge in [0.05, 0.1) is 5.56 Å². The van der Waals surface area contributed by atoms with E-state index in [-0.39, 0.29) is 5.91 Å². The summed E-state index contributed by atoms with van der Waals surface area (Å²) < 4.78 is 5.32. The molecule has 5 nitrogen and oxygen atoms in total. The van der Waals surface area contributed by atoms with E-state index in [1.807, 2.05) is 41.9 Å². The number of benzene rings is 2. The Morgan fingerprint density at radius 1 is 1.12 bits per heavy atom. The molecule has 3 rings (SSSR count). The number of aryl methyl sites for hydroxylation is 1. The van der Waals surface area contributed by atoms with Crippen LogP contribution < -0.4 is 10.1 Å². The highest BCUT2D eigenvalue weighted by Crippen LogP contribution is 2.32. The Morgan fingerprint density at radius 2 is 1.88 bits per heavy atom. The van der Waals surface area contributed by atoms with Crippen molar-refractivity contribution < 1.29 is 19.4 Å². The van der Waals surface area contributed by atoms with Crippen molar-refractivity contribution in [3.63, 3.8) is 0 Å². The molecule has 2 N–H and O–H groups in total. The first-order chi connectivity index (χ1) is 11.6. The van der Waals surface area contributed by atoms with Crippen LogP contribution in [-0.4, -0.2) is 23.6 Å². The van der Waals surface area contributed by atoms with Crippen molar-refractivity contribution in [2.45, 2.75) is 6.92 Å². The number of carboxylic acid groups (broad SMARTS) is 1. The number of hydrogen-bond donors (Lipinski definition) is 2. The number of thiophene rings is 1. The van der Waals surface area contributed by atoms with Gasteiger partial charge in [0.15, 0.2) is 6.61 Å². The van der Waals surface area contributed by atoms with Gasteiger partial charge in [-0.15, -0.1) is 0 Å². The molecular formula is C18H15NO4S. The quantitative estimate of drug-likeness (QED) is 0.737. The smallest absolute Gasteiger partial charge is 0.341 e. The topological polar surface area (TPSA) is 75.6 Å². The van der Waals surface area contributed by atoms with E-state index >= 15 is 0 Å². The zero-order chi connectivity index (χ0) is 17.1. The number of anilines is 1. The van der Waals surface area contributed by atoms with Gasteiger partial charge < -0.3 is 15.2 Å². The van der Waals surface area contributed by atoms with Crippen LogP contribution in [0, 0.1) is 6.92 Å². The van der Waals surface area contributed by atoms with Crippen LogP contribution in [0.2, 0.25) is 0 Å². The molecule has 0 bridgehead atoms. The van der Waals surface area contributed by atoms with E-state index in [4.69, 9.17) is 9.84 Å². The molecule has 2 aromatic carbocycles. The average Bonchev–Trinajstić information content (AvgIpc) is 3.00. The van der Waals surface area contributed by atoms with Crippen molar-refractivity contribution in [1.29, 1.82) is 0 Å². The molecule has 0 aliphatic rings. The van der Waals surface area contributed by atoms with Gasteiger partial charge in [-0.3, -0.25) is 4.79 Å². The minimum absolute atomic E-state index is 0.168. The number of carboxylic acids is 1. The van der Waals surface area contributed by atoms with Gasteiger partial charge in [-0.1, -0.05) is 24.3 Å². The molecule has 0 aliphatic heterocycles. The molecule has 0 aliphatic carbocycles. The van der Waals surface area contributed by atoms with Crippen molar-refractivity contribution >= 4 is 39.7 Å². The molecule has 1 heterocycles. The molecule has 0 radical (unpaired) electrons. The Balaban J connectivity index is 1.95. The van der Waals surface area contributed by atoms with Crippen molar-refractivity contribution in [2.24, 2.45) is 0 Å². The molecular weight excluding hydrogens is 326 g/mol. The lowest BCUT2D eigenvalue weighted by molar-refractivity contribution is -0.139. The van der Waals surface area contributed by atoms with Gasteiger partial charge in [0.2, 0.25) is 0 Å². The zero-order valence-corrected chi connectivity index (χ0v) is 13.7. The van der Waals surface area contributed by atoms with Crippen molar-refractivity contribution in [3.8, 4) is 5.75 Å². The van der Waals surface area contributed by atoms with E-state index in [1.165, 1.54) is 11.3 Å². The highest BCUT2D eigenvalue weighted by atomic mass is 32.1. The third-order valence-corrected chi connectivity index (χ3v) is 4.45. The van der Waals surface area contributed by atoms with Crippen LogP contribution in [0.25, 0.3) is 10.8 Å². The van der Waals surface area contributed by atoms with E-state index in [9.17, 15) is 9.59 Å². The summed E-state index contributed by atoms with van der Waals surface area (Å²) in [7, 11) is 0. The van der Waals surface area contributed by atoms with Gasteiger partial charge in [-0.2, -0.15) is 11.3 Å². The second-order valence-corrected chi connectivity index (χ2v) is 6.01. The Morgan fingerprint density at radius 3 is 2.54 bits per heavy atom. The van der Waals surface area contributed by atoms with Crippen LogP contribution in [0.3, 0.4) is 0 Å². The first kappa shape index (κ1) is 16.0. The van der Waals surface area contributed by atoms with Crippen molar-refractivity contribution in [2.75, 3.05) is 11.9 Å². The summed E-state index contributed by atoms with van der Waals surface area (Å²) in [6.07, 6.45) is 0. The maximum atomic E-state index is 12.4. The minimum atomic E-state index is -1.04.